The van der Waals surface area contributed by atoms with E-state index in [0.717, 1.165) is 0 Å². The van der Waals surface area contributed by atoms with E-state index in [-0.39, 0.29) is 30.5 Å². The van der Waals surface area contributed by atoms with Crippen LogP contribution in [0, 0.1) is 11.8 Å². The number of methoxy groups -OCH3 is 1. The maximum absolute atomic E-state index is 11.8. The maximum atomic E-state index is 11.8. The van der Waals surface area contributed by atoms with Gasteiger partial charge in [0.1, 0.15) is 12.2 Å². The minimum Gasteiger partial charge on any atom is -0.500 e. The highest BCUT2D eigenvalue weighted by atomic mass is 35.5. The summed E-state index contributed by atoms with van der Waals surface area (Å²) in [5.41, 5.74) is -0.0169. The summed E-state index contributed by atoms with van der Waals surface area (Å²) in [4.78, 5) is 23.3. The second-order valence-electron chi connectivity index (χ2n) is 5.60. The van der Waals surface area contributed by atoms with Gasteiger partial charge in [0.05, 0.1) is 31.7 Å². The van der Waals surface area contributed by atoms with Gasteiger partial charge < -0.3 is 24.3 Å². The molecule has 122 valence electrons. The second-order valence-corrected chi connectivity index (χ2v) is 5.98. The summed E-state index contributed by atoms with van der Waals surface area (Å²) >= 11 is 5.50. The lowest BCUT2D eigenvalue weighted by Gasteiger charge is -2.30. The van der Waals surface area contributed by atoms with Crippen LogP contribution in [0.1, 0.15) is 6.42 Å². The molecule has 0 spiro atoms. The largest absolute Gasteiger partial charge is 0.500 e. The molecule has 1 saturated carbocycles. The highest BCUT2D eigenvalue weighted by Crippen LogP contribution is 2.59. The van der Waals surface area contributed by atoms with Gasteiger partial charge in [-0.25, -0.2) is 9.59 Å². The Bertz CT molecular complexity index is 510. The van der Waals surface area contributed by atoms with E-state index in [4.69, 9.17) is 30.5 Å². The predicted octanol–water partition coefficient (Wildman–Crippen LogP) is 0.812. The first kappa shape index (κ1) is 15.4. The van der Waals surface area contributed by atoms with E-state index in [1.807, 2.05) is 0 Å². The minimum absolute atomic E-state index is 0.0157. The van der Waals surface area contributed by atoms with Gasteiger partial charge in [-0.05, 0) is 6.42 Å². The Hall–Kier alpha value is -1.47. The zero-order valence-corrected chi connectivity index (χ0v) is 12.9. The Morgan fingerprint density at radius 1 is 1.55 bits per heavy atom. The van der Waals surface area contributed by atoms with Gasteiger partial charge in [-0.3, -0.25) is 0 Å². The molecule has 3 rings (SSSR count). The molecular weight excluding hydrogens is 314 g/mol. The summed E-state index contributed by atoms with van der Waals surface area (Å²) in [5.74, 6) is -0.0515. The number of amides is 1. The van der Waals surface area contributed by atoms with Crippen LogP contribution in [0.2, 0.25) is 0 Å². The summed E-state index contributed by atoms with van der Waals surface area (Å²) in [7, 11) is 1.35. The molecule has 7 nitrogen and oxygen atoms in total. The summed E-state index contributed by atoms with van der Waals surface area (Å²) in [5, 5.41) is 2.53. The summed E-state index contributed by atoms with van der Waals surface area (Å²) < 4.78 is 21.1. The second kappa shape index (κ2) is 5.96. The first-order valence-electron chi connectivity index (χ1n) is 7.16. The molecule has 3 aliphatic rings. The van der Waals surface area contributed by atoms with Crippen molar-refractivity contribution in [3.8, 4) is 0 Å². The number of alkyl carbamates (subject to hydrolysis) is 1. The highest BCUT2D eigenvalue weighted by molar-refractivity contribution is 6.18. The number of nitrogens with one attached hydrogen (secondary N) is 1. The third-order valence-corrected chi connectivity index (χ3v) is 4.72. The topological polar surface area (TPSA) is 86.4 Å². The number of halogens is 1. The first-order valence-corrected chi connectivity index (χ1v) is 7.70. The van der Waals surface area contributed by atoms with Gasteiger partial charge in [0, 0.05) is 24.3 Å². The smallest absolute Gasteiger partial charge is 0.407 e. The predicted molar refractivity (Wildman–Crippen MR) is 75.3 cm³/mol. The van der Waals surface area contributed by atoms with E-state index >= 15 is 0 Å². The van der Waals surface area contributed by atoms with Crippen molar-refractivity contribution in [3.63, 3.8) is 0 Å². The summed E-state index contributed by atoms with van der Waals surface area (Å²) in [6, 6.07) is 0. The average molecular weight is 332 g/mol. The third kappa shape index (κ3) is 2.52. The first-order chi connectivity index (χ1) is 10.6. The van der Waals surface area contributed by atoms with Gasteiger partial charge in [-0.1, -0.05) is 0 Å². The van der Waals surface area contributed by atoms with Crippen molar-refractivity contribution < 1.29 is 28.5 Å². The van der Waals surface area contributed by atoms with Gasteiger partial charge in [0.2, 0.25) is 0 Å². The molecule has 0 radical (unpaired) electrons. The molecule has 1 amide bonds. The van der Waals surface area contributed by atoms with Gasteiger partial charge in [0.25, 0.3) is 0 Å². The van der Waals surface area contributed by atoms with E-state index in [1.165, 1.54) is 13.4 Å². The van der Waals surface area contributed by atoms with Crippen molar-refractivity contribution in [2.75, 3.05) is 32.7 Å². The summed E-state index contributed by atoms with van der Waals surface area (Å²) in [6.45, 7) is 0.932. The Morgan fingerprint density at radius 3 is 3.09 bits per heavy atom. The Balaban J connectivity index is 1.62. The van der Waals surface area contributed by atoms with Crippen molar-refractivity contribution in [3.05, 3.63) is 11.8 Å². The molecule has 8 heteroatoms. The van der Waals surface area contributed by atoms with Crippen LogP contribution in [0.5, 0.6) is 0 Å². The number of fused-ring (bicyclic) bond motifs is 3. The number of alkyl halides is 1. The van der Waals surface area contributed by atoms with Crippen molar-refractivity contribution in [2.45, 2.75) is 18.1 Å². The van der Waals surface area contributed by atoms with E-state index in [9.17, 15) is 9.59 Å². The molecule has 4 unspecified atom stereocenters. The van der Waals surface area contributed by atoms with Crippen molar-refractivity contribution >= 4 is 23.7 Å². The number of hydrogen-bond acceptors (Lipinski definition) is 6. The average Bonchev–Trinajstić information content (AvgIpc) is 3.16. The molecule has 2 heterocycles. The van der Waals surface area contributed by atoms with E-state index in [2.05, 4.69) is 5.32 Å². The number of hydrogen-bond donors (Lipinski definition) is 1. The van der Waals surface area contributed by atoms with Crippen LogP contribution >= 0.6 is 11.6 Å². The van der Waals surface area contributed by atoms with Crippen LogP contribution in [0.3, 0.4) is 0 Å². The van der Waals surface area contributed by atoms with Crippen molar-refractivity contribution in [1.29, 1.82) is 0 Å². The quantitative estimate of drug-likeness (QED) is 0.456. The number of ether oxygens (including phenoxy) is 4. The van der Waals surface area contributed by atoms with Crippen LogP contribution in [0.15, 0.2) is 11.8 Å². The number of epoxide rings is 1. The van der Waals surface area contributed by atoms with Gasteiger partial charge >= 0.3 is 12.1 Å². The number of esters is 1. The molecule has 1 saturated heterocycles. The highest BCUT2D eigenvalue weighted by Gasteiger charge is 2.71. The number of rotatable bonds is 5. The van der Waals surface area contributed by atoms with Gasteiger partial charge in [0.15, 0.2) is 0 Å². The third-order valence-electron chi connectivity index (χ3n) is 4.53. The number of carbonyl (C=O) groups excluding carboxylic acids is 2. The lowest BCUT2D eigenvalue weighted by molar-refractivity contribution is -0.138. The zero-order valence-electron chi connectivity index (χ0n) is 12.2. The molecule has 2 aliphatic heterocycles. The lowest BCUT2D eigenvalue weighted by atomic mass is 9.83. The van der Waals surface area contributed by atoms with E-state index < -0.39 is 11.7 Å². The Labute approximate surface area is 132 Å². The fourth-order valence-electron chi connectivity index (χ4n) is 3.40. The normalized spacial score (nSPS) is 34.6. The molecule has 1 N–H and O–H groups in total. The van der Waals surface area contributed by atoms with Crippen molar-refractivity contribution in [1.82, 2.24) is 5.32 Å². The fourth-order valence-corrected chi connectivity index (χ4v) is 3.49. The minimum atomic E-state index is -0.545. The van der Waals surface area contributed by atoms with E-state index in [0.29, 0.717) is 31.0 Å². The molecule has 22 heavy (non-hydrogen) atoms. The molecule has 0 aromatic carbocycles. The SMILES string of the molecule is COC(=O)C1=COCC2C1CC1OC12COC(=O)NCCCl. The molecule has 4 atom stereocenters. The Kier molecular flexibility index (Phi) is 4.18. The molecule has 0 aromatic heterocycles. The molecular formula is C14H18ClNO6. The van der Waals surface area contributed by atoms with Crippen molar-refractivity contribution in [2.24, 2.45) is 11.8 Å². The maximum Gasteiger partial charge on any atom is 0.407 e. The lowest BCUT2D eigenvalue weighted by Crippen LogP contribution is -2.40. The summed E-state index contributed by atoms with van der Waals surface area (Å²) in [6.07, 6.45) is 1.65. The van der Waals surface area contributed by atoms with Crippen LogP contribution in [0.4, 0.5) is 4.79 Å². The van der Waals surface area contributed by atoms with E-state index in [1.54, 1.807) is 0 Å². The molecule has 0 bridgehead atoms. The Morgan fingerprint density at radius 2 is 2.36 bits per heavy atom. The molecule has 0 aromatic rings. The molecule has 2 fully saturated rings. The number of carbonyl (C=O) groups is 2. The van der Waals surface area contributed by atoms with Crippen LogP contribution in [0.25, 0.3) is 0 Å². The van der Waals surface area contributed by atoms with Crippen LogP contribution < -0.4 is 5.32 Å². The molecule has 1 aliphatic carbocycles. The monoisotopic (exact) mass is 331 g/mol. The fraction of sp³-hybridized carbons (Fsp3) is 0.714. The van der Waals surface area contributed by atoms with Crippen LogP contribution in [-0.2, 0) is 23.7 Å². The van der Waals surface area contributed by atoms with Crippen LogP contribution in [-0.4, -0.2) is 56.5 Å². The standard InChI is InChI=1S/C14H18ClNO6/c1-19-12(17)9-5-20-6-10-8(9)4-11-14(10,22-11)7-21-13(18)16-3-2-15/h5,8,10-11H,2-4,6-7H2,1H3,(H,16,18). The zero-order chi connectivity index (χ0) is 15.7. The van der Waals surface area contributed by atoms with Gasteiger partial charge in [-0.15, -0.1) is 11.6 Å². The van der Waals surface area contributed by atoms with Gasteiger partial charge in [-0.2, -0.15) is 0 Å².